The molecule has 1 heterocycles. The van der Waals surface area contributed by atoms with Crippen LogP contribution >= 0.6 is 0 Å². The lowest BCUT2D eigenvalue weighted by Gasteiger charge is -2.22. The minimum absolute atomic E-state index is 0.0703. The van der Waals surface area contributed by atoms with Gasteiger partial charge in [-0.25, -0.2) is 4.68 Å². The number of nitriles is 1. The maximum absolute atomic E-state index is 12.6. The van der Waals surface area contributed by atoms with Crippen molar-refractivity contribution in [2.45, 2.75) is 26.6 Å². The summed E-state index contributed by atoms with van der Waals surface area (Å²) in [6, 6.07) is 17.2. The summed E-state index contributed by atoms with van der Waals surface area (Å²) in [5.74, 6) is 0. The van der Waals surface area contributed by atoms with Gasteiger partial charge in [-0.05, 0) is 36.7 Å². The SMILES string of the molecule is CCCN(Cc1ccc(C#N)cc1)Cn1ncc2ccccc2c1=O. The highest BCUT2D eigenvalue weighted by Gasteiger charge is 2.10. The van der Waals surface area contributed by atoms with Gasteiger partial charge in [0, 0.05) is 11.9 Å². The van der Waals surface area contributed by atoms with Gasteiger partial charge >= 0.3 is 0 Å². The van der Waals surface area contributed by atoms with Crippen LogP contribution in [0.5, 0.6) is 0 Å². The second-order valence-electron chi connectivity index (χ2n) is 6.04. The maximum atomic E-state index is 12.6. The Labute approximate surface area is 146 Å². The van der Waals surface area contributed by atoms with Gasteiger partial charge in [-0.3, -0.25) is 9.69 Å². The van der Waals surface area contributed by atoms with Gasteiger partial charge in [0.15, 0.2) is 0 Å². The van der Waals surface area contributed by atoms with Crippen molar-refractivity contribution < 1.29 is 0 Å². The van der Waals surface area contributed by atoms with Gasteiger partial charge in [0.1, 0.15) is 0 Å². The van der Waals surface area contributed by atoms with Crippen LogP contribution in [0.4, 0.5) is 0 Å². The summed E-state index contributed by atoms with van der Waals surface area (Å²) in [4.78, 5) is 14.8. The Morgan fingerprint density at radius 2 is 1.92 bits per heavy atom. The van der Waals surface area contributed by atoms with Crippen LogP contribution in [0.25, 0.3) is 10.8 Å². The molecule has 3 aromatic rings. The molecule has 0 spiro atoms. The standard InChI is InChI=1S/C20H20N4O/c1-2-11-23(14-17-9-7-16(12-21)8-10-17)15-24-20(25)19-6-4-3-5-18(19)13-22-24/h3-10,13H,2,11,14-15H2,1H3. The Kier molecular flexibility index (Phi) is 5.22. The molecule has 0 unspecified atom stereocenters. The first-order valence-electron chi connectivity index (χ1n) is 8.37. The van der Waals surface area contributed by atoms with Gasteiger partial charge in [0.05, 0.1) is 29.9 Å². The highest BCUT2D eigenvalue weighted by atomic mass is 16.1. The van der Waals surface area contributed by atoms with Crippen molar-refractivity contribution in [3.05, 3.63) is 76.2 Å². The first kappa shape index (κ1) is 16.9. The number of rotatable bonds is 6. The van der Waals surface area contributed by atoms with E-state index in [0.29, 0.717) is 24.2 Å². The van der Waals surface area contributed by atoms with Crippen molar-refractivity contribution in [1.82, 2.24) is 14.7 Å². The molecular formula is C20H20N4O. The van der Waals surface area contributed by atoms with Crippen molar-refractivity contribution in [3.63, 3.8) is 0 Å². The monoisotopic (exact) mass is 332 g/mol. The van der Waals surface area contributed by atoms with E-state index in [0.717, 1.165) is 23.9 Å². The third kappa shape index (κ3) is 3.93. The van der Waals surface area contributed by atoms with Crippen molar-refractivity contribution in [2.24, 2.45) is 0 Å². The average molecular weight is 332 g/mol. The van der Waals surface area contributed by atoms with E-state index in [4.69, 9.17) is 5.26 Å². The molecule has 5 heteroatoms. The summed E-state index contributed by atoms with van der Waals surface area (Å²) in [6.45, 7) is 4.13. The number of fused-ring (bicyclic) bond motifs is 1. The minimum atomic E-state index is -0.0703. The molecule has 0 atom stereocenters. The summed E-state index contributed by atoms with van der Waals surface area (Å²) >= 11 is 0. The third-order valence-corrected chi connectivity index (χ3v) is 4.12. The zero-order chi connectivity index (χ0) is 17.6. The van der Waals surface area contributed by atoms with Crippen LogP contribution in [-0.4, -0.2) is 21.2 Å². The Morgan fingerprint density at radius 3 is 2.64 bits per heavy atom. The van der Waals surface area contributed by atoms with Crippen LogP contribution < -0.4 is 5.56 Å². The van der Waals surface area contributed by atoms with Crippen LogP contribution in [0.1, 0.15) is 24.5 Å². The van der Waals surface area contributed by atoms with E-state index in [1.165, 1.54) is 4.68 Å². The van der Waals surface area contributed by atoms with Gasteiger partial charge in [0.2, 0.25) is 0 Å². The molecule has 3 rings (SSSR count). The number of hydrogen-bond donors (Lipinski definition) is 0. The second kappa shape index (κ2) is 7.73. The number of benzene rings is 2. The Hall–Kier alpha value is -2.97. The lowest BCUT2D eigenvalue weighted by Crippen LogP contribution is -2.34. The molecule has 0 saturated carbocycles. The summed E-state index contributed by atoms with van der Waals surface area (Å²) < 4.78 is 1.52. The molecule has 25 heavy (non-hydrogen) atoms. The summed E-state index contributed by atoms with van der Waals surface area (Å²) in [5, 5.41) is 14.8. The van der Waals surface area contributed by atoms with Crippen LogP contribution in [0.15, 0.2) is 59.5 Å². The predicted octanol–water partition coefficient (Wildman–Crippen LogP) is 3.14. The minimum Gasteiger partial charge on any atom is -0.280 e. The second-order valence-corrected chi connectivity index (χ2v) is 6.04. The largest absolute Gasteiger partial charge is 0.280 e. The predicted molar refractivity (Wildman–Crippen MR) is 97.9 cm³/mol. The number of aromatic nitrogens is 2. The van der Waals surface area contributed by atoms with Crippen LogP contribution in [0.3, 0.4) is 0 Å². The molecule has 0 fully saturated rings. The fourth-order valence-corrected chi connectivity index (χ4v) is 2.88. The normalized spacial score (nSPS) is 10.9. The Balaban J connectivity index is 1.83. The highest BCUT2D eigenvalue weighted by Crippen LogP contribution is 2.10. The zero-order valence-electron chi connectivity index (χ0n) is 14.2. The molecule has 0 aliphatic heterocycles. The number of hydrogen-bond acceptors (Lipinski definition) is 4. The smallest absolute Gasteiger partial charge is 0.275 e. The van der Waals surface area contributed by atoms with E-state index < -0.39 is 0 Å². The molecule has 0 aliphatic rings. The first-order valence-corrected chi connectivity index (χ1v) is 8.37. The first-order chi connectivity index (χ1) is 12.2. The van der Waals surface area contributed by atoms with E-state index in [-0.39, 0.29) is 5.56 Å². The molecule has 0 radical (unpaired) electrons. The van der Waals surface area contributed by atoms with Gasteiger partial charge in [-0.15, -0.1) is 0 Å². The molecule has 0 aliphatic carbocycles. The van der Waals surface area contributed by atoms with E-state index in [1.807, 2.05) is 48.5 Å². The summed E-state index contributed by atoms with van der Waals surface area (Å²) in [7, 11) is 0. The topological polar surface area (TPSA) is 61.9 Å². The molecule has 0 amide bonds. The fourth-order valence-electron chi connectivity index (χ4n) is 2.88. The maximum Gasteiger partial charge on any atom is 0.275 e. The summed E-state index contributed by atoms with van der Waals surface area (Å²) in [5.41, 5.74) is 1.69. The van der Waals surface area contributed by atoms with Gasteiger partial charge in [0.25, 0.3) is 5.56 Å². The third-order valence-electron chi connectivity index (χ3n) is 4.12. The fraction of sp³-hybridized carbons (Fsp3) is 0.250. The lowest BCUT2D eigenvalue weighted by atomic mass is 10.1. The highest BCUT2D eigenvalue weighted by molar-refractivity contribution is 5.80. The van der Waals surface area contributed by atoms with Crippen LogP contribution in [-0.2, 0) is 13.2 Å². The molecular weight excluding hydrogens is 312 g/mol. The van der Waals surface area contributed by atoms with E-state index in [2.05, 4.69) is 23.0 Å². The van der Waals surface area contributed by atoms with Crippen molar-refractivity contribution >= 4 is 10.8 Å². The zero-order valence-corrected chi connectivity index (χ0v) is 14.2. The molecule has 2 aromatic carbocycles. The lowest BCUT2D eigenvalue weighted by molar-refractivity contribution is 0.194. The molecule has 0 N–H and O–H groups in total. The van der Waals surface area contributed by atoms with E-state index in [9.17, 15) is 4.79 Å². The van der Waals surface area contributed by atoms with E-state index >= 15 is 0 Å². The molecule has 0 saturated heterocycles. The van der Waals surface area contributed by atoms with Gasteiger partial charge < -0.3 is 0 Å². The quantitative estimate of drug-likeness (QED) is 0.696. The van der Waals surface area contributed by atoms with Crippen molar-refractivity contribution in [3.8, 4) is 6.07 Å². The molecule has 1 aromatic heterocycles. The average Bonchev–Trinajstić information content (AvgIpc) is 2.65. The van der Waals surface area contributed by atoms with Crippen molar-refractivity contribution in [2.75, 3.05) is 6.54 Å². The van der Waals surface area contributed by atoms with E-state index in [1.54, 1.807) is 6.20 Å². The molecule has 0 bridgehead atoms. The number of nitrogens with zero attached hydrogens (tertiary/aromatic N) is 4. The molecule has 126 valence electrons. The Morgan fingerprint density at radius 1 is 1.16 bits per heavy atom. The van der Waals surface area contributed by atoms with Gasteiger partial charge in [-0.1, -0.05) is 37.3 Å². The summed E-state index contributed by atoms with van der Waals surface area (Å²) in [6.07, 6.45) is 2.72. The van der Waals surface area contributed by atoms with Crippen LogP contribution in [0, 0.1) is 11.3 Å². The molecule has 5 nitrogen and oxygen atoms in total. The van der Waals surface area contributed by atoms with Crippen LogP contribution in [0.2, 0.25) is 0 Å². The van der Waals surface area contributed by atoms with Crippen molar-refractivity contribution in [1.29, 1.82) is 5.26 Å². The Bertz CT molecular complexity index is 954. The van der Waals surface area contributed by atoms with Gasteiger partial charge in [-0.2, -0.15) is 10.4 Å².